The van der Waals surface area contributed by atoms with Crippen LogP contribution in [0, 0.1) is 0 Å². The third-order valence-corrected chi connectivity index (χ3v) is 3.24. The third kappa shape index (κ3) is 7.34. The maximum Gasteiger partial charge on any atom is 0.293 e. The Morgan fingerprint density at radius 2 is 2.25 bits per heavy atom. The van der Waals surface area contributed by atoms with E-state index in [2.05, 4.69) is 17.0 Å². The summed E-state index contributed by atoms with van der Waals surface area (Å²) in [7, 11) is 0. The zero-order chi connectivity index (χ0) is 12.4. The quantitative estimate of drug-likeness (QED) is 0.661. The third-order valence-electron chi connectivity index (χ3n) is 1.93. The minimum atomic E-state index is -0.279. The van der Waals surface area contributed by atoms with Crippen molar-refractivity contribution >= 4 is 24.1 Å². The van der Waals surface area contributed by atoms with E-state index in [1.54, 1.807) is 6.92 Å². The molecule has 1 amide bonds. The largest absolute Gasteiger partial charge is 0.463 e. The molecule has 0 aromatic heterocycles. The zero-order valence-corrected chi connectivity index (χ0v) is 10.8. The molecule has 0 saturated carbocycles. The highest BCUT2D eigenvalue weighted by molar-refractivity contribution is 8.03. The van der Waals surface area contributed by atoms with Gasteiger partial charge in [-0.15, -0.1) is 11.8 Å². The van der Waals surface area contributed by atoms with Crippen LogP contribution in [0.3, 0.4) is 0 Å². The molecule has 5 heteroatoms. The lowest BCUT2D eigenvalue weighted by molar-refractivity contribution is -0.133. The highest BCUT2D eigenvalue weighted by atomic mass is 32.2. The topological polar surface area (TPSA) is 55.4 Å². The summed E-state index contributed by atoms with van der Waals surface area (Å²) in [6.07, 6.45) is 2.67. The lowest BCUT2D eigenvalue weighted by Gasteiger charge is -2.10. The number of hydrogen-bond donors (Lipinski definition) is 1. The molecule has 1 N–H and O–H groups in total. The first-order valence-electron chi connectivity index (χ1n) is 5.27. The van der Waals surface area contributed by atoms with Crippen LogP contribution in [0.2, 0.25) is 0 Å². The smallest absolute Gasteiger partial charge is 0.293 e. The van der Waals surface area contributed by atoms with Crippen LogP contribution < -0.4 is 5.32 Å². The summed E-state index contributed by atoms with van der Waals surface area (Å²) >= 11 is 1.53. The van der Waals surface area contributed by atoms with E-state index in [-0.39, 0.29) is 12.0 Å². The van der Waals surface area contributed by atoms with E-state index in [9.17, 15) is 9.59 Å². The Morgan fingerprint density at radius 3 is 2.75 bits per heavy atom. The van der Waals surface area contributed by atoms with E-state index in [1.807, 2.05) is 13.0 Å². The van der Waals surface area contributed by atoms with Crippen molar-refractivity contribution in [3.05, 3.63) is 11.0 Å². The van der Waals surface area contributed by atoms with E-state index in [4.69, 9.17) is 0 Å². The molecule has 0 radical (unpaired) electrons. The maximum atomic E-state index is 11.4. The van der Waals surface area contributed by atoms with Crippen molar-refractivity contribution < 1.29 is 14.3 Å². The van der Waals surface area contributed by atoms with Gasteiger partial charge >= 0.3 is 0 Å². The second-order valence-corrected chi connectivity index (χ2v) is 4.35. The van der Waals surface area contributed by atoms with Crippen LogP contribution >= 0.6 is 11.8 Å². The molecule has 0 aliphatic heterocycles. The Balaban J connectivity index is 3.70. The van der Waals surface area contributed by atoms with Gasteiger partial charge in [-0.1, -0.05) is 13.0 Å². The van der Waals surface area contributed by atoms with Gasteiger partial charge in [-0.2, -0.15) is 0 Å². The first kappa shape index (κ1) is 15.0. The molecular formula is C11H19NO3S. The van der Waals surface area contributed by atoms with Crippen LogP contribution in [0.4, 0.5) is 0 Å². The molecule has 4 nitrogen and oxygen atoms in total. The summed E-state index contributed by atoms with van der Waals surface area (Å²) in [5.41, 5.74) is 0. The average Bonchev–Trinajstić information content (AvgIpc) is 2.28. The molecule has 0 heterocycles. The molecule has 0 aromatic rings. The fraction of sp³-hybridized carbons (Fsp3) is 0.636. The van der Waals surface area contributed by atoms with Crippen molar-refractivity contribution in [3.63, 3.8) is 0 Å². The first-order chi connectivity index (χ1) is 7.63. The monoisotopic (exact) mass is 245 g/mol. The number of hydrogen-bond acceptors (Lipinski definition) is 4. The second-order valence-electron chi connectivity index (χ2n) is 3.24. The SMILES string of the molecule is C/C=C(/CC)SCC(=O)NCC(C)OC=O. The number of ether oxygens (including phenoxy) is 1. The van der Waals surface area contributed by atoms with Crippen LogP contribution in [0.1, 0.15) is 27.2 Å². The van der Waals surface area contributed by atoms with Gasteiger partial charge in [0.2, 0.25) is 5.91 Å². The lowest BCUT2D eigenvalue weighted by Crippen LogP contribution is -2.33. The van der Waals surface area contributed by atoms with Crippen LogP contribution in [0.5, 0.6) is 0 Å². The van der Waals surface area contributed by atoms with Crippen molar-refractivity contribution in [2.75, 3.05) is 12.3 Å². The summed E-state index contributed by atoms with van der Waals surface area (Å²) in [5.74, 6) is 0.362. The molecule has 0 rings (SSSR count). The molecule has 0 aliphatic carbocycles. The van der Waals surface area contributed by atoms with Gasteiger partial charge in [0.15, 0.2) is 0 Å². The van der Waals surface area contributed by atoms with Gasteiger partial charge in [0.1, 0.15) is 6.10 Å². The molecule has 0 aliphatic rings. The Bertz CT molecular complexity index is 254. The van der Waals surface area contributed by atoms with Gasteiger partial charge in [-0.25, -0.2) is 0 Å². The van der Waals surface area contributed by atoms with Crippen molar-refractivity contribution in [2.45, 2.75) is 33.3 Å². The van der Waals surface area contributed by atoms with Gasteiger partial charge in [0, 0.05) is 0 Å². The Labute approximate surface area is 101 Å². The molecule has 0 spiro atoms. The van der Waals surface area contributed by atoms with Crippen molar-refractivity contribution in [3.8, 4) is 0 Å². The predicted octanol–water partition coefficient (Wildman–Crippen LogP) is 1.71. The number of amides is 1. The highest BCUT2D eigenvalue weighted by Crippen LogP contribution is 2.17. The van der Waals surface area contributed by atoms with Crippen LogP contribution in [-0.4, -0.2) is 30.8 Å². The minimum absolute atomic E-state index is 0.0425. The summed E-state index contributed by atoms with van der Waals surface area (Å²) < 4.78 is 4.65. The molecule has 92 valence electrons. The van der Waals surface area contributed by atoms with Gasteiger partial charge in [0.05, 0.1) is 12.3 Å². The van der Waals surface area contributed by atoms with Gasteiger partial charge in [-0.3, -0.25) is 9.59 Å². The highest BCUT2D eigenvalue weighted by Gasteiger charge is 2.06. The molecule has 0 fully saturated rings. The minimum Gasteiger partial charge on any atom is -0.463 e. The predicted molar refractivity (Wildman–Crippen MR) is 66.1 cm³/mol. The van der Waals surface area contributed by atoms with Crippen molar-refractivity contribution in [1.82, 2.24) is 5.32 Å². The number of carbonyl (C=O) groups is 2. The van der Waals surface area contributed by atoms with E-state index < -0.39 is 0 Å². The van der Waals surface area contributed by atoms with E-state index >= 15 is 0 Å². The molecule has 1 unspecified atom stereocenters. The van der Waals surface area contributed by atoms with E-state index in [0.717, 1.165) is 6.42 Å². The fourth-order valence-electron chi connectivity index (χ4n) is 0.999. The number of rotatable bonds is 8. The molecule has 0 bridgehead atoms. The Hall–Kier alpha value is -0.970. The number of allylic oxidation sites excluding steroid dienone is 2. The van der Waals surface area contributed by atoms with Gasteiger partial charge in [0.25, 0.3) is 6.47 Å². The molecular weight excluding hydrogens is 226 g/mol. The van der Waals surface area contributed by atoms with Crippen molar-refractivity contribution in [2.24, 2.45) is 0 Å². The van der Waals surface area contributed by atoms with Crippen LogP contribution in [-0.2, 0) is 14.3 Å². The summed E-state index contributed by atoms with van der Waals surface area (Å²) in [4.78, 5) is 22.6. The summed E-state index contributed by atoms with van der Waals surface area (Å²) in [6, 6.07) is 0. The van der Waals surface area contributed by atoms with E-state index in [1.165, 1.54) is 16.7 Å². The first-order valence-corrected chi connectivity index (χ1v) is 6.26. The molecule has 16 heavy (non-hydrogen) atoms. The lowest BCUT2D eigenvalue weighted by atomic mass is 10.4. The normalized spacial score (nSPS) is 13.1. The van der Waals surface area contributed by atoms with Crippen molar-refractivity contribution in [1.29, 1.82) is 0 Å². The van der Waals surface area contributed by atoms with Crippen LogP contribution in [0.15, 0.2) is 11.0 Å². The molecule has 1 atom stereocenters. The Kier molecular flexibility index (Phi) is 8.71. The van der Waals surface area contributed by atoms with Crippen LogP contribution in [0.25, 0.3) is 0 Å². The summed E-state index contributed by atoms with van der Waals surface area (Å²) in [5, 5.41) is 2.70. The molecule has 0 aromatic carbocycles. The molecule has 0 saturated heterocycles. The number of nitrogens with one attached hydrogen (secondary N) is 1. The fourth-order valence-corrected chi connectivity index (χ4v) is 1.79. The zero-order valence-electron chi connectivity index (χ0n) is 9.99. The number of thioether (sulfide) groups is 1. The van der Waals surface area contributed by atoms with E-state index in [0.29, 0.717) is 18.8 Å². The average molecular weight is 245 g/mol. The second kappa shape index (κ2) is 9.27. The Morgan fingerprint density at radius 1 is 1.56 bits per heavy atom. The number of carbonyl (C=O) groups excluding carboxylic acids is 2. The summed E-state index contributed by atoms with van der Waals surface area (Å²) in [6.45, 7) is 6.49. The van der Waals surface area contributed by atoms with Gasteiger partial charge in [-0.05, 0) is 25.2 Å². The maximum absolute atomic E-state index is 11.4. The van der Waals surface area contributed by atoms with Gasteiger partial charge < -0.3 is 10.1 Å². The standard InChI is InChI=1S/C11H19NO3S/c1-4-10(5-2)16-7-11(14)12-6-9(3)15-8-13/h4,8-9H,5-7H2,1-3H3,(H,12,14)/b10-4-.